The van der Waals surface area contributed by atoms with Gasteiger partial charge in [0.2, 0.25) is 0 Å². The average molecular weight is 666 g/mol. The Morgan fingerprint density at radius 1 is 0.854 bits per heavy atom. The van der Waals surface area contributed by atoms with Crippen molar-refractivity contribution >= 4 is 29.8 Å². The lowest BCUT2D eigenvalue weighted by molar-refractivity contribution is -0.140. The number of aliphatic hydroxyl groups excluding tert-OH is 1. The summed E-state index contributed by atoms with van der Waals surface area (Å²) in [5.41, 5.74) is 21.9. The van der Waals surface area contributed by atoms with Crippen LogP contribution in [0.3, 0.4) is 0 Å². The molecule has 3 unspecified atom stereocenters. The van der Waals surface area contributed by atoms with Gasteiger partial charge in [-0.15, -0.1) is 0 Å². The van der Waals surface area contributed by atoms with Gasteiger partial charge in [-0.1, -0.05) is 74.5 Å². The van der Waals surface area contributed by atoms with Crippen LogP contribution in [0.1, 0.15) is 56.2 Å². The number of nitrogens with two attached hydrogens (primary N) is 3. The summed E-state index contributed by atoms with van der Waals surface area (Å²) >= 11 is 0. The molecule has 48 heavy (non-hydrogen) atoms. The van der Waals surface area contributed by atoms with E-state index in [1.54, 1.807) is 20.8 Å². The molecule has 3 aromatic rings. The number of primary amides is 1. The molecule has 0 saturated heterocycles. The summed E-state index contributed by atoms with van der Waals surface area (Å²) in [6.45, 7) is 5.78. The van der Waals surface area contributed by atoms with Crippen LogP contribution in [0.4, 0.5) is 15.3 Å². The van der Waals surface area contributed by atoms with E-state index in [4.69, 9.17) is 37.3 Å². The lowest BCUT2D eigenvalue weighted by Gasteiger charge is -2.19. The molecule has 13 nitrogen and oxygen atoms in total. The predicted molar refractivity (Wildman–Crippen MR) is 183 cm³/mol. The molecule has 0 heterocycles. The molecule has 0 spiro atoms. The summed E-state index contributed by atoms with van der Waals surface area (Å²) in [4.78, 5) is 43.6. The molecule has 3 aromatic carbocycles. The average Bonchev–Trinajstić information content (AvgIpc) is 3.35. The number of amides is 3. The van der Waals surface area contributed by atoms with Crippen molar-refractivity contribution in [3.8, 4) is 11.1 Å². The van der Waals surface area contributed by atoms with E-state index in [2.05, 4.69) is 22.8 Å². The number of aliphatic carboxylic acids is 2. The third-order valence-electron chi connectivity index (χ3n) is 7.37. The molecule has 0 radical (unpaired) electrons. The van der Waals surface area contributed by atoms with Gasteiger partial charge in [0.15, 0.2) is 0 Å². The fraction of sp³-hybridized carbons (Fsp3) is 0.371. The third kappa shape index (κ3) is 12.9. The maximum absolute atomic E-state index is 12.0. The number of anilines is 1. The number of urea groups is 1. The molecule has 1 aliphatic rings. The first-order valence-corrected chi connectivity index (χ1v) is 15.6. The van der Waals surface area contributed by atoms with Gasteiger partial charge >= 0.3 is 24.1 Å². The van der Waals surface area contributed by atoms with Crippen LogP contribution in [0.15, 0.2) is 72.8 Å². The Hall–Kier alpha value is -5.14. The van der Waals surface area contributed by atoms with E-state index >= 15 is 0 Å². The molecule has 0 saturated carbocycles. The molecule has 0 bridgehead atoms. The van der Waals surface area contributed by atoms with Crippen molar-refractivity contribution in [1.29, 1.82) is 0 Å². The smallest absolute Gasteiger partial charge is 0.407 e. The van der Waals surface area contributed by atoms with Gasteiger partial charge in [-0.05, 0) is 72.1 Å². The van der Waals surface area contributed by atoms with Gasteiger partial charge in [0.1, 0.15) is 18.7 Å². The highest BCUT2D eigenvalue weighted by Gasteiger charge is 2.30. The molecular weight excluding hydrogens is 618 g/mol. The molecule has 4 rings (SSSR count). The standard InChI is InChI=1S/C20H21NO4.C9H13NO.C6H13N3O3/c1-12(2)18(19(22)23)21-20(24)25-11-17-15-9-5-3-7-13(15)14-8-4-6-10-16(14)17;1-7(11)6-8-2-4-9(10)5-3-8;7-4(5(10)11)2-1-3-9-6(8)12/h3-10,12,17-18H,11H2,1-2H3,(H,21,24)(H,22,23);2-5,7,11H,6,10H2,1H3;4H,1-3,7H2,(H,10,11)(H3,8,9,12). The number of ether oxygens (including phenoxy) is 1. The maximum atomic E-state index is 12.0. The monoisotopic (exact) mass is 665 g/mol. The Kier molecular flexibility index (Phi) is 15.9. The van der Waals surface area contributed by atoms with E-state index in [9.17, 15) is 19.2 Å². The zero-order valence-electron chi connectivity index (χ0n) is 27.5. The van der Waals surface area contributed by atoms with Crippen molar-refractivity contribution in [3.63, 3.8) is 0 Å². The second kappa shape index (κ2) is 19.5. The zero-order valence-corrected chi connectivity index (χ0v) is 27.5. The molecule has 11 N–H and O–H groups in total. The van der Waals surface area contributed by atoms with Crippen LogP contribution < -0.4 is 27.8 Å². The summed E-state index contributed by atoms with van der Waals surface area (Å²) in [6, 6.07) is 21.2. The quantitative estimate of drug-likeness (QED) is 0.103. The number of hydrogen-bond acceptors (Lipinski definition) is 8. The summed E-state index contributed by atoms with van der Waals surface area (Å²) in [7, 11) is 0. The SMILES string of the molecule is CC(C)C(NC(=O)OCC1c2ccccc2-c2ccccc21)C(=O)O.CC(O)Cc1ccc(N)cc1.NC(=O)NCCCC(N)C(=O)O. The number of carbonyl (C=O) groups is 4. The lowest BCUT2D eigenvalue weighted by atomic mass is 9.98. The first kappa shape index (κ1) is 39.0. The summed E-state index contributed by atoms with van der Waals surface area (Å²) in [5, 5.41) is 31.3. The third-order valence-corrected chi connectivity index (χ3v) is 7.37. The Morgan fingerprint density at radius 3 is 1.85 bits per heavy atom. The zero-order chi connectivity index (χ0) is 35.8. The van der Waals surface area contributed by atoms with Crippen LogP contribution in [0.5, 0.6) is 0 Å². The minimum Gasteiger partial charge on any atom is -0.480 e. The number of hydrogen-bond donors (Lipinski definition) is 8. The van der Waals surface area contributed by atoms with E-state index in [0.29, 0.717) is 25.8 Å². The van der Waals surface area contributed by atoms with Crippen molar-refractivity contribution in [2.45, 2.75) is 64.1 Å². The van der Waals surface area contributed by atoms with Crippen molar-refractivity contribution in [3.05, 3.63) is 89.5 Å². The van der Waals surface area contributed by atoms with Gasteiger partial charge in [0.25, 0.3) is 0 Å². The largest absolute Gasteiger partial charge is 0.480 e. The Bertz CT molecular complexity index is 1450. The summed E-state index contributed by atoms with van der Waals surface area (Å²) in [5.74, 6) is -2.36. The van der Waals surface area contributed by atoms with E-state index in [-0.39, 0.29) is 24.5 Å². The van der Waals surface area contributed by atoms with Crippen LogP contribution in [-0.2, 0) is 20.7 Å². The van der Waals surface area contributed by atoms with E-state index in [1.807, 2.05) is 60.7 Å². The topological polar surface area (TPSA) is 240 Å². The number of carbonyl (C=O) groups excluding carboxylic acids is 2. The van der Waals surface area contributed by atoms with Gasteiger partial charge in [-0.3, -0.25) is 4.79 Å². The van der Waals surface area contributed by atoms with Crippen LogP contribution in [0.2, 0.25) is 0 Å². The number of aliphatic hydroxyl groups is 1. The fourth-order valence-electron chi connectivity index (χ4n) is 4.93. The molecule has 3 atom stereocenters. The van der Waals surface area contributed by atoms with Gasteiger partial charge in [0, 0.05) is 18.2 Å². The highest BCUT2D eigenvalue weighted by molar-refractivity contribution is 5.81. The van der Waals surface area contributed by atoms with Gasteiger partial charge in [0.05, 0.1) is 6.10 Å². The maximum Gasteiger partial charge on any atom is 0.407 e. The van der Waals surface area contributed by atoms with E-state index < -0.39 is 36.1 Å². The molecule has 0 aliphatic heterocycles. The molecule has 0 fully saturated rings. The first-order chi connectivity index (χ1) is 22.7. The number of fused-ring (bicyclic) bond motifs is 3. The highest BCUT2D eigenvalue weighted by atomic mass is 16.5. The van der Waals surface area contributed by atoms with Crippen molar-refractivity contribution in [2.75, 3.05) is 18.9 Å². The number of nitrogen functional groups attached to an aromatic ring is 1. The molecule has 3 amide bonds. The van der Waals surface area contributed by atoms with Crippen LogP contribution >= 0.6 is 0 Å². The Labute approximate surface area is 280 Å². The van der Waals surface area contributed by atoms with Gasteiger partial charge < -0.3 is 47.9 Å². The van der Waals surface area contributed by atoms with Crippen molar-refractivity contribution in [1.82, 2.24) is 10.6 Å². The summed E-state index contributed by atoms with van der Waals surface area (Å²) in [6.07, 6.45) is 0.549. The molecule has 0 aromatic heterocycles. The number of rotatable bonds is 12. The number of alkyl carbamates (subject to hydrolysis) is 1. The molecular formula is C35H47N5O8. The number of carboxylic acid groups (broad SMARTS) is 2. The molecule has 260 valence electrons. The normalized spacial score (nSPS) is 13.2. The van der Waals surface area contributed by atoms with Crippen LogP contribution in [-0.4, -0.2) is 70.7 Å². The van der Waals surface area contributed by atoms with Crippen molar-refractivity contribution in [2.24, 2.45) is 17.4 Å². The second-order valence-electron chi connectivity index (χ2n) is 11.7. The van der Waals surface area contributed by atoms with Gasteiger partial charge in [-0.2, -0.15) is 0 Å². The molecule has 13 heteroatoms. The minimum atomic E-state index is -1.07. The molecule has 1 aliphatic carbocycles. The predicted octanol–water partition coefficient (Wildman–Crippen LogP) is 3.67. The van der Waals surface area contributed by atoms with Crippen LogP contribution in [0.25, 0.3) is 11.1 Å². The Balaban J connectivity index is 0.000000290. The number of carboxylic acids is 2. The number of nitrogens with one attached hydrogen (secondary N) is 2. The lowest BCUT2D eigenvalue weighted by Crippen LogP contribution is -2.44. The van der Waals surface area contributed by atoms with E-state index in [1.165, 1.54) is 0 Å². The van der Waals surface area contributed by atoms with Crippen molar-refractivity contribution < 1.29 is 39.2 Å². The second-order valence-corrected chi connectivity index (χ2v) is 11.7. The summed E-state index contributed by atoms with van der Waals surface area (Å²) < 4.78 is 5.36. The van der Waals surface area contributed by atoms with E-state index in [0.717, 1.165) is 33.5 Å². The van der Waals surface area contributed by atoms with Crippen LogP contribution in [0, 0.1) is 5.92 Å². The number of benzene rings is 3. The first-order valence-electron chi connectivity index (χ1n) is 15.6. The highest BCUT2D eigenvalue weighted by Crippen LogP contribution is 2.44. The minimum absolute atomic E-state index is 0.0412. The van der Waals surface area contributed by atoms with Gasteiger partial charge in [-0.25, -0.2) is 14.4 Å². The fourth-order valence-corrected chi connectivity index (χ4v) is 4.93. The Morgan fingerprint density at radius 2 is 1.40 bits per heavy atom.